The van der Waals surface area contributed by atoms with Crippen molar-refractivity contribution >= 4 is 17.2 Å². The van der Waals surface area contributed by atoms with Crippen LogP contribution in [0.4, 0.5) is 5.82 Å². The van der Waals surface area contributed by atoms with Crippen molar-refractivity contribution in [2.75, 3.05) is 5.32 Å². The third-order valence-electron chi connectivity index (χ3n) is 2.87. The van der Waals surface area contributed by atoms with E-state index in [1.807, 2.05) is 13.8 Å². The summed E-state index contributed by atoms with van der Waals surface area (Å²) in [5, 5.41) is 20.8. The van der Waals surface area contributed by atoms with Crippen LogP contribution in [0.3, 0.4) is 0 Å². The van der Waals surface area contributed by atoms with Crippen LogP contribution < -0.4 is 5.32 Å². The maximum atomic E-state index is 9.34. The molecule has 2 rings (SSSR count). The van der Waals surface area contributed by atoms with Crippen LogP contribution in [0.15, 0.2) is 11.7 Å². The number of thiazole rings is 1. The highest BCUT2D eigenvalue weighted by Crippen LogP contribution is 2.20. The molecule has 6 heteroatoms. The van der Waals surface area contributed by atoms with Crippen molar-refractivity contribution < 1.29 is 0 Å². The Kier molecular flexibility index (Phi) is 4.42. The van der Waals surface area contributed by atoms with Gasteiger partial charge in [0, 0.05) is 11.1 Å². The zero-order valence-corrected chi connectivity index (χ0v) is 11.8. The molecule has 0 aromatic carbocycles. The van der Waals surface area contributed by atoms with Crippen molar-refractivity contribution in [2.24, 2.45) is 0 Å². The van der Waals surface area contributed by atoms with E-state index in [9.17, 15) is 5.26 Å². The SMILES string of the molecule is CCc1nnc(NCc2cncs2)c(C#N)c1CC. The number of aromatic nitrogens is 3. The Morgan fingerprint density at radius 2 is 2.16 bits per heavy atom. The van der Waals surface area contributed by atoms with E-state index in [0.29, 0.717) is 17.9 Å². The van der Waals surface area contributed by atoms with Gasteiger partial charge in [-0.05, 0) is 18.4 Å². The number of hydrogen-bond acceptors (Lipinski definition) is 6. The molecular weight excluding hydrogens is 258 g/mol. The lowest BCUT2D eigenvalue weighted by molar-refractivity contribution is 0.870. The zero-order chi connectivity index (χ0) is 13.7. The molecule has 19 heavy (non-hydrogen) atoms. The highest BCUT2D eigenvalue weighted by molar-refractivity contribution is 7.09. The lowest BCUT2D eigenvalue weighted by Gasteiger charge is -2.11. The Morgan fingerprint density at radius 3 is 2.74 bits per heavy atom. The van der Waals surface area contributed by atoms with Crippen molar-refractivity contribution in [3.63, 3.8) is 0 Å². The van der Waals surface area contributed by atoms with Gasteiger partial charge in [0.1, 0.15) is 11.6 Å². The van der Waals surface area contributed by atoms with Crippen LogP contribution in [-0.2, 0) is 19.4 Å². The predicted octanol–water partition coefficient (Wildman–Crippen LogP) is 2.54. The average molecular weight is 273 g/mol. The number of aryl methyl sites for hydroxylation is 1. The van der Waals surface area contributed by atoms with Gasteiger partial charge in [-0.3, -0.25) is 4.98 Å². The van der Waals surface area contributed by atoms with E-state index in [2.05, 4.69) is 26.6 Å². The molecule has 0 radical (unpaired) electrons. The molecule has 0 aliphatic heterocycles. The number of nitriles is 1. The lowest BCUT2D eigenvalue weighted by atomic mass is 10.0. The summed E-state index contributed by atoms with van der Waals surface area (Å²) in [7, 11) is 0. The van der Waals surface area contributed by atoms with Gasteiger partial charge in [0.2, 0.25) is 0 Å². The average Bonchev–Trinajstić information content (AvgIpc) is 2.96. The normalized spacial score (nSPS) is 10.2. The maximum absolute atomic E-state index is 9.34. The third-order valence-corrected chi connectivity index (χ3v) is 3.65. The highest BCUT2D eigenvalue weighted by atomic mass is 32.1. The first kappa shape index (κ1) is 13.4. The summed E-state index contributed by atoms with van der Waals surface area (Å²) >= 11 is 1.57. The van der Waals surface area contributed by atoms with E-state index in [1.54, 1.807) is 23.0 Å². The molecule has 0 saturated carbocycles. The van der Waals surface area contributed by atoms with Crippen LogP contribution in [0.25, 0.3) is 0 Å². The second-order valence-electron chi connectivity index (χ2n) is 3.99. The zero-order valence-electron chi connectivity index (χ0n) is 11.0. The van der Waals surface area contributed by atoms with Crippen molar-refractivity contribution in [1.82, 2.24) is 15.2 Å². The molecule has 1 N–H and O–H groups in total. The van der Waals surface area contributed by atoms with Gasteiger partial charge >= 0.3 is 0 Å². The second-order valence-corrected chi connectivity index (χ2v) is 4.96. The molecular formula is C13H15N5S. The molecule has 0 unspecified atom stereocenters. The van der Waals surface area contributed by atoms with E-state index in [0.717, 1.165) is 29.0 Å². The molecule has 0 aliphatic rings. The first-order chi connectivity index (χ1) is 9.30. The van der Waals surface area contributed by atoms with Crippen LogP contribution in [0, 0.1) is 11.3 Å². The highest BCUT2D eigenvalue weighted by Gasteiger charge is 2.14. The van der Waals surface area contributed by atoms with Gasteiger partial charge < -0.3 is 5.32 Å². The van der Waals surface area contributed by atoms with E-state index in [-0.39, 0.29) is 0 Å². The molecule has 0 aliphatic carbocycles. The van der Waals surface area contributed by atoms with Gasteiger partial charge in [0.05, 0.1) is 17.7 Å². The molecule has 0 saturated heterocycles. The number of anilines is 1. The molecule has 0 atom stereocenters. The molecule has 0 spiro atoms. The molecule has 0 bridgehead atoms. The summed E-state index contributed by atoms with van der Waals surface area (Å²) in [4.78, 5) is 5.12. The smallest absolute Gasteiger partial charge is 0.167 e. The van der Waals surface area contributed by atoms with Crippen LogP contribution in [0.1, 0.15) is 35.5 Å². The van der Waals surface area contributed by atoms with Crippen LogP contribution in [0.5, 0.6) is 0 Å². The fourth-order valence-corrected chi connectivity index (χ4v) is 2.45. The first-order valence-corrected chi connectivity index (χ1v) is 7.07. The van der Waals surface area contributed by atoms with Crippen molar-refractivity contribution in [1.29, 1.82) is 5.26 Å². The molecule has 2 aromatic rings. The summed E-state index contributed by atoms with van der Waals surface area (Å²) in [6.45, 7) is 4.67. The number of nitrogens with zero attached hydrogens (tertiary/aromatic N) is 4. The summed E-state index contributed by atoms with van der Waals surface area (Å²) in [6.07, 6.45) is 3.38. The second kappa shape index (κ2) is 6.25. The van der Waals surface area contributed by atoms with Crippen molar-refractivity contribution in [3.8, 4) is 6.07 Å². The number of nitrogens with one attached hydrogen (secondary N) is 1. The maximum Gasteiger partial charge on any atom is 0.167 e. The minimum Gasteiger partial charge on any atom is -0.363 e. The number of rotatable bonds is 5. The van der Waals surface area contributed by atoms with E-state index >= 15 is 0 Å². The molecule has 5 nitrogen and oxygen atoms in total. The van der Waals surface area contributed by atoms with Crippen LogP contribution in [0.2, 0.25) is 0 Å². The topological polar surface area (TPSA) is 74.5 Å². The minimum atomic E-state index is 0.560. The Hall–Kier alpha value is -2.00. The summed E-state index contributed by atoms with van der Waals surface area (Å²) in [6, 6.07) is 2.24. The Balaban J connectivity index is 2.28. The van der Waals surface area contributed by atoms with Gasteiger partial charge in [-0.15, -0.1) is 16.4 Å². The Labute approximate surface area is 116 Å². The van der Waals surface area contributed by atoms with Gasteiger partial charge in [-0.2, -0.15) is 10.4 Å². The van der Waals surface area contributed by atoms with Gasteiger partial charge in [-0.25, -0.2) is 0 Å². The predicted molar refractivity (Wildman–Crippen MR) is 74.9 cm³/mol. The van der Waals surface area contributed by atoms with E-state index in [1.165, 1.54) is 0 Å². The summed E-state index contributed by atoms with van der Waals surface area (Å²) in [5.74, 6) is 0.560. The molecule has 2 aromatic heterocycles. The lowest BCUT2D eigenvalue weighted by Crippen LogP contribution is -2.09. The van der Waals surface area contributed by atoms with Gasteiger partial charge in [-0.1, -0.05) is 13.8 Å². The van der Waals surface area contributed by atoms with Crippen LogP contribution >= 0.6 is 11.3 Å². The largest absolute Gasteiger partial charge is 0.363 e. The molecule has 0 fully saturated rings. The summed E-state index contributed by atoms with van der Waals surface area (Å²) < 4.78 is 0. The van der Waals surface area contributed by atoms with Gasteiger partial charge in [0.25, 0.3) is 0 Å². The molecule has 0 amide bonds. The quantitative estimate of drug-likeness (QED) is 0.906. The van der Waals surface area contributed by atoms with Crippen molar-refractivity contribution in [2.45, 2.75) is 33.2 Å². The fraction of sp³-hybridized carbons (Fsp3) is 0.385. The van der Waals surface area contributed by atoms with E-state index < -0.39 is 0 Å². The first-order valence-electron chi connectivity index (χ1n) is 6.19. The molecule has 98 valence electrons. The Bertz CT molecular complexity index is 586. The Morgan fingerprint density at radius 1 is 1.32 bits per heavy atom. The monoisotopic (exact) mass is 273 g/mol. The fourth-order valence-electron chi connectivity index (χ4n) is 1.92. The third kappa shape index (κ3) is 2.88. The van der Waals surface area contributed by atoms with Crippen LogP contribution in [-0.4, -0.2) is 15.2 Å². The van der Waals surface area contributed by atoms with Gasteiger partial charge in [0.15, 0.2) is 5.82 Å². The standard InChI is InChI=1S/C13H15N5S/c1-3-10-11(5-14)13(18-17-12(10)4-2)16-7-9-6-15-8-19-9/h6,8H,3-4,7H2,1-2H3,(H,16,18). The van der Waals surface area contributed by atoms with E-state index in [4.69, 9.17) is 0 Å². The minimum absolute atomic E-state index is 0.560. The summed E-state index contributed by atoms with van der Waals surface area (Å²) in [5.41, 5.74) is 4.29. The van der Waals surface area contributed by atoms with Crippen molar-refractivity contribution in [3.05, 3.63) is 33.4 Å². The number of hydrogen-bond donors (Lipinski definition) is 1. The molecule has 2 heterocycles.